The van der Waals surface area contributed by atoms with Gasteiger partial charge in [0.2, 0.25) is 0 Å². The molecule has 0 saturated heterocycles. The summed E-state index contributed by atoms with van der Waals surface area (Å²) >= 11 is 3.43. The zero-order valence-corrected chi connectivity index (χ0v) is 11.4. The first-order chi connectivity index (χ1) is 8.27. The van der Waals surface area contributed by atoms with Crippen molar-refractivity contribution in [3.8, 4) is 5.75 Å². The van der Waals surface area contributed by atoms with Gasteiger partial charge in [0.15, 0.2) is 0 Å². The van der Waals surface area contributed by atoms with Crippen molar-refractivity contribution in [2.75, 3.05) is 32.8 Å². The van der Waals surface area contributed by atoms with E-state index in [2.05, 4.69) is 27.4 Å². The van der Waals surface area contributed by atoms with Crippen molar-refractivity contribution >= 4 is 15.9 Å². The molecule has 0 amide bonds. The maximum atomic E-state index is 8.90. The summed E-state index contributed by atoms with van der Waals surface area (Å²) in [6, 6.07) is 7.76. The highest BCUT2D eigenvalue weighted by atomic mass is 79.9. The Morgan fingerprint density at radius 1 is 1.35 bits per heavy atom. The summed E-state index contributed by atoms with van der Waals surface area (Å²) in [7, 11) is 0. The number of hydrogen-bond acceptors (Lipinski definition) is 3. The van der Waals surface area contributed by atoms with E-state index in [0.29, 0.717) is 13.2 Å². The van der Waals surface area contributed by atoms with Gasteiger partial charge in [-0.15, -0.1) is 6.58 Å². The van der Waals surface area contributed by atoms with Crippen LogP contribution in [-0.4, -0.2) is 42.9 Å². The molecule has 0 aliphatic heterocycles. The highest BCUT2D eigenvalue weighted by Crippen LogP contribution is 2.23. The summed E-state index contributed by atoms with van der Waals surface area (Å²) in [6.45, 7) is 6.62. The van der Waals surface area contributed by atoms with Crippen molar-refractivity contribution in [1.82, 2.24) is 4.90 Å². The fourth-order valence-electron chi connectivity index (χ4n) is 1.46. The van der Waals surface area contributed by atoms with Gasteiger partial charge in [-0.2, -0.15) is 0 Å². The average Bonchev–Trinajstić information content (AvgIpc) is 2.32. The minimum absolute atomic E-state index is 0.156. The van der Waals surface area contributed by atoms with Crippen LogP contribution in [-0.2, 0) is 0 Å². The largest absolute Gasteiger partial charge is 0.491 e. The van der Waals surface area contributed by atoms with Crippen LogP contribution >= 0.6 is 15.9 Å². The van der Waals surface area contributed by atoms with Gasteiger partial charge < -0.3 is 9.84 Å². The zero-order valence-electron chi connectivity index (χ0n) is 9.81. The van der Waals surface area contributed by atoms with E-state index < -0.39 is 0 Å². The van der Waals surface area contributed by atoms with E-state index in [4.69, 9.17) is 9.84 Å². The molecule has 94 valence electrons. The molecule has 0 unspecified atom stereocenters. The second kappa shape index (κ2) is 8.28. The first kappa shape index (κ1) is 14.2. The van der Waals surface area contributed by atoms with Crippen LogP contribution in [0.3, 0.4) is 0 Å². The minimum atomic E-state index is 0.156. The predicted molar refractivity (Wildman–Crippen MR) is 73.4 cm³/mol. The molecule has 17 heavy (non-hydrogen) atoms. The Morgan fingerprint density at radius 3 is 2.76 bits per heavy atom. The van der Waals surface area contributed by atoms with Gasteiger partial charge in [-0.05, 0) is 28.1 Å². The Labute approximate surface area is 111 Å². The lowest BCUT2D eigenvalue weighted by Gasteiger charge is -2.19. The van der Waals surface area contributed by atoms with Gasteiger partial charge >= 0.3 is 0 Å². The van der Waals surface area contributed by atoms with Crippen molar-refractivity contribution < 1.29 is 9.84 Å². The summed E-state index contributed by atoms with van der Waals surface area (Å²) in [5.74, 6) is 0.843. The van der Waals surface area contributed by atoms with Crippen molar-refractivity contribution in [3.05, 3.63) is 41.4 Å². The molecule has 0 aliphatic rings. The topological polar surface area (TPSA) is 32.7 Å². The van der Waals surface area contributed by atoms with E-state index >= 15 is 0 Å². The minimum Gasteiger partial charge on any atom is -0.491 e. The van der Waals surface area contributed by atoms with Gasteiger partial charge in [0.1, 0.15) is 12.4 Å². The van der Waals surface area contributed by atoms with Crippen molar-refractivity contribution in [3.63, 3.8) is 0 Å². The quantitative estimate of drug-likeness (QED) is 0.748. The van der Waals surface area contributed by atoms with Crippen molar-refractivity contribution in [1.29, 1.82) is 0 Å². The van der Waals surface area contributed by atoms with Gasteiger partial charge in [-0.1, -0.05) is 18.2 Å². The fourth-order valence-corrected chi connectivity index (χ4v) is 1.86. The lowest BCUT2D eigenvalue weighted by atomic mass is 10.3. The normalized spacial score (nSPS) is 10.5. The van der Waals surface area contributed by atoms with Gasteiger partial charge in [-0.3, -0.25) is 4.90 Å². The molecule has 0 bridgehead atoms. The molecule has 0 saturated carbocycles. The number of para-hydroxylation sites is 1. The maximum absolute atomic E-state index is 8.90. The monoisotopic (exact) mass is 299 g/mol. The van der Waals surface area contributed by atoms with E-state index in [0.717, 1.165) is 23.3 Å². The highest BCUT2D eigenvalue weighted by molar-refractivity contribution is 9.10. The molecule has 1 N–H and O–H groups in total. The summed E-state index contributed by atoms with van der Waals surface area (Å²) in [6.07, 6.45) is 1.83. The maximum Gasteiger partial charge on any atom is 0.133 e. The first-order valence-corrected chi connectivity index (χ1v) is 6.38. The second-order valence-electron chi connectivity index (χ2n) is 3.59. The molecule has 0 heterocycles. The van der Waals surface area contributed by atoms with Gasteiger partial charge in [-0.25, -0.2) is 0 Å². The zero-order chi connectivity index (χ0) is 12.5. The average molecular weight is 300 g/mol. The summed E-state index contributed by atoms with van der Waals surface area (Å²) in [5, 5.41) is 8.90. The number of benzene rings is 1. The molecule has 0 spiro atoms. The Morgan fingerprint density at radius 2 is 2.12 bits per heavy atom. The predicted octanol–water partition coefficient (Wildman–Crippen LogP) is 2.31. The van der Waals surface area contributed by atoms with Crippen LogP contribution in [0.15, 0.2) is 41.4 Å². The number of ether oxygens (including phenoxy) is 1. The van der Waals surface area contributed by atoms with Crippen LogP contribution in [0.1, 0.15) is 0 Å². The molecule has 1 aromatic rings. The number of aliphatic hydroxyl groups is 1. The Bertz CT molecular complexity index is 344. The van der Waals surface area contributed by atoms with Gasteiger partial charge in [0.25, 0.3) is 0 Å². The van der Waals surface area contributed by atoms with Crippen LogP contribution in [0, 0.1) is 0 Å². The fraction of sp³-hybridized carbons (Fsp3) is 0.385. The molecule has 3 nitrogen and oxygen atoms in total. The molecular formula is C13H18BrNO2. The molecule has 4 heteroatoms. The highest BCUT2D eigenvalue weighted by Gasteiger charge is 2.03. The van der Waals surface area contributed by atoms with E-state index in [9.17, 15) is 0 Å². The molecular weight excluding hydrogens is 282 g/mol. The van der Waals surface area contributed by atoms with E-state index in [1.807, 2.05) is 30.3 Å². The third-order valence-corrected chi connectivity index (χ3v) is 2.96. The Hall–Kier alpha value is -0.840. The van der Waals surface area contributed by atoms with Crippen molar-refractivity contribution in [2.24, 2.45) is 0 Å². The van der Waals surface area contributed by atoms with E-state index in [1.54, 1.807) is 0 Å². The molecule has 0 atom stereocenters. The molecule has 1 aromatic carbocycles. The van der Waals surface area contributed by atoms with Crippen molar-refractivity contribution in [2.45, 2.75) is 0 Å². The number of rotatable bonds is 8. The van der Waals surface area contributed by atoms with Gasteiger partial charge in [0.05, 0.1) is 11.1 Å². The number of nitrogens with zero attached hydrogens (tertiary/aromatic N) is 1. The summed E-state index contributed by atoms with van der Waals surface area (Å²) in [4.78, 5) is 2.09. The Balaban J connectivity index is 2.35. The molecule has 0 aliphatic carbocycles. The van der Waals surface area contributed by atoms with Crippen LogP contribution in [0.4, 0.5) is 0 Å². The third kappa shape index (κ3) is 5.35. The molecule has 0 fully saturated rings. The van der Waals surface area contributed by atoms with Crippen LogP contribution in [0.25, 0.3) is 0 Å². The van der Waals surface area contributed by atoms with Crippen LogP contribution in [0.5, 0.6) is 5.75 Å². The van der Waals surface area contributed by atoms with E-state index in [1.165, 1.54) is 0 Å². The van der Waals surface area contributed by atoms with Crippen LogP contribution < -0.4 is 4.74 Å². The first-order valence-electron chi connectivity index (χ1n) is 5.59. The van der Waals surface area contributed by atoms with Gasteiger partial charge in [0, 0.05) is 19.6 Å². The molecule has 0 aromatic heterocycles. The molecule has 0 radical (unpaired) electrons. The Kier molecular flexibility index (Phi) is 6.93. The number of halogens is 1. The summed E-state index contributed by atoms with van der Waals surface area (Å²) in [5.41, 5.74) is 0. The summed E-state index contributed by atoms with van der Waals surface area (Å²) < 4.78 is 6.61. The second-order valence-corrected chi connectivity index (χ2v) is 4.45. The lowest BCUT2D eigenvalue weighted by molar-refractivity contribution is 0.179. The number of hydrogen-bond donors (Lipinski definition) is 1. The third-order valence-electron chi connectivity index (χ3n) is 2.31. The van der Waals surface area contributed by atoms with Crippen LogP contribution in [0.2, 0.25) is 0 Å². The smallest absolute Gasteiger partial charge is 0.133 e. The standard InChI is InChI=1S/C13H18BrNO2/c1-2-7-15(8-10-16)9-11-17-13-6-4-3-5-12(13)14/h2-6,16H,1,7-11H2. The molecule has 1 rings (SSSR count). The number of aliphatic hydroxyl groups excluding tert-OH is 1. The SMILES string of the molecule is C=CCN(CCO)CCOc1ccccc1Br. The van der Waals surface area contributed by atoms with E-state index in [-0.39, 0.29) is 6.61 Å². The lowest BCUT2D eigenvalue weighted by Crippen LogP contribution is -2.31.